The minimum Gasteiger partial charge on any atom is -0.476 e. The Kier molecular flexibility index (Phi) is 5.46. The molecule has 2 rings (SSSR count). The number of amides is 1. The number of anilines is 1. The summed E-state index contributed by atoms with van der Waals surface area (Å²) in [4.78, 5) is 23.3. The highest BCUT2D eigenvalue weighted by Gasteiger charge is 2.19. The van der Waals surface area contributed by atoms with Crippen molar-refractivity contribution in [1.82, 2.24) is 15.0 Å². The molecule has 23 heavy (non-hydrogen) atoms. The van der Waals surface area contributed by atoms with Crippen molar-refractivity contribution in [2.45, 2.75) is 39.7 Å². The van der Waals surface area contributed by atoms with Gasteiger partial charge in [-0.25, -0.2) is 9.48 Å². The number of hydrogen-bond acceptors (Lipinski definition) is 4. The van der Waals surface area contributed by atoms with Crippen LogP contribution in [-0.2, 0) is 17.8 Å². The summed E-state index contributed by atoms with van der Waals surface area (Å²) in [7, 11) is 0. The Morgan fingerprint density at radius 3 is 2.57 bits per heavy atom. The smallest absolute Gasteiger partial charge is 0.358 e. The molecule has 0 spiro atoms. The summed E-state index contributed by atoms with van der Waals surface area (Å²) in [6, 6.07) is 7.44. The fraction of sp³-hybridized carbons (Fsp3) is 0.375. The number of carboxylic acid groups (broad SMARTS) is 1. The second-order valence-corrected chi connectivity index (χ2v) is 5.37. The van der Waals surface area contributed by atoms with Crippen molar-refractivity contribution in [1.29, 1.82) is 0 Å². The number of nitrogens with zero attached hydrogens (tertiary/aromatic N) is 3. The summed E-state index contributed by atoms with van der Waals surface area (Å²) in [5, 5.41) is 19.4. The molecule has 0 atom stereocenters. The second-order valence-electron chi connectivity index (χ2n) is 5.37. The van der Waals surface area contributed by atoms with Crippen LogP contribution >= 0.6 is 0 Å². The van der Waals surface area contributed by atoms with Crippen molar-refractivity contribution >= 4 is 17.6 Å². The number of carboxylic acids is 1. The van der Waals surface area contributed by atoms with Crippen LogP contribution in [0.2, 0.25) is 0 Å². The predicted octanol–water partition coefficient (Wildman–Crippen LogP) is 2.27. The number of aryl methyl sites for hydroxylation is 1. The van der Waals surface area contributed by atoms with Gasteiger partial charge in [-0.1, -0.05) is 36.3 Å². The van der Waals surface area contributed by atoms with Gasteiger partial charge in [0.05, 0.1) is 5.69 Å². The number of aromatic carboxylic acids is 1. The molecular weight excluding hydrogens is 296 g/mol. The standard InChI is InChI=1S/C16H20N4O3/c1-3-4-5-13-15(16(22)23)18-19-20(13)10-14(21)17-12-8-6-11(2)7-9-12/h6-9H,3-5,10H2,1-2H3,(H,17,21)(H,22,23). The van der Waals surface area contributed by atoms with E-state index >= 15 is 0 Å². The van der Waals surface area contributed by atoms with E-state index in [4.69, 9.17) is 5.11 Å². The maximum absolute atomic E-state index is 12.1. The molecular formula is C16H20N4O3. The highest BCUT2D eigenvalue weighted by Crippen LogP contribution is 2.12. The van der Waals surface area contributed by atoms with E-state index in [2.05, 4.69) is 15.6 Å². The van der Waals surface area contributed by atoms with Gasteiger partial charge in [-0.3, -0.25) is 4.79 Å². The lowest BCUT2D eigenvalue weighted by atomic mass is 10.1. The molecule has 2 aromatic rings. The average molecular weight is 316 g/mol. The lowest BCUT2D eigenvalue weighted by Crippen LogP contribution is -2.21. The van der Waals surface area contributed by atoms with Crippen molar-refractivity contribution in [2.75, 3.05) is 5.32 Å². The first-order chi connectivity index (χ1) is 11.0. The molecule has 0 aliphatic heterocycles. The Bertz CT molecular complexity index is 692. The molecule has 0 unspecified atom stereocenters. The zero-order valence-corrected chi connectivity index (χ0v) is 13.2. The normalized spacial score (nSPS) is 10.5. The quantitative estimate of drug-likeness (QED) is 0.816. The molecule has 1 heterocycles. The summed E-state index contributed by atoms with van der Waals surface area (Å²) < 4.78 is 1.36. The molecule has 0 bridgehead atoms. The molecule has 7 nitrogen and oxygen atoms in total. The van der Waals surface area contributed by atoms with Crippen molar-refractivity contribution in [3.8, 4) is 0 Å². The number of carbonyl (C=O) groups excluding carboxylic acids is 1. The van der Waals surface area contributed by atoms with E-state index in [1.807, 2.05) is 38.1 Å². The highest BCUT2D eigenvalue weighted by molar-refractivity contribution is 5.91. The van der Waals surface area contributed by atoms with Crippen LogP contribution < -0.4 is 5.32 Å². The van der Waals surface area contributed by atoms with Crippen LogP contribution in [-0.4, -0.2) is 32.0 Å². The Balaban J connectivity index is 2.10. The zero-order chi connectivity index (χ0) is 16.8. The molecule has 0 aliphatic rings. The van der Waals surface area contributed by atoms with Gasteiger partial charge in [0, 0.05) is 5.69 Å². The van der Waals surface area contributed by atoms with Crippen LogP contribution in [0.3, 0.4) is 0 Å². The molecule has 1 aromatic carbocycles. The first kappa shape index (κ1) is 16.7. The third-order valence-corrected chi connectivity index (χ3v) is 3.44. The summed E-state index contributed by atoms with van der Waals surface area (Å²) >= 11 is 0. The maximum atomic E-state index is 12.1. The predicted molar refractivity (Wildman–Crippen MR) is 85.4 cm³/mol. The van der Waals surface area contributed by atoms with Gasteiger partial charge in [-0.15, -0.1) is 5.10 Å². The van der Waals surface area contributed by atoms with Crippen LogP contribution in [0.25, 0.3) is 0 Å². The van der Waals surface area contributed by atoms with E-state index in [0.29, 0.717) is 17.8 Å². The summed E-state index contributed by atoms with van der Waals surface area (Å²) in [6.07, 6.45) is 2.26. The molecule has 0 saturated heterocycles. The second kappa shape index (κ2) is 7.53. The summed E-state index contributed by atoms with van der Waals surface area (Å²) in [5.74, 6) is -1.39. The topological polar surface area (TPSA) is 97.1 Å². The van der Waals surface area contributed by atoms with E-state index in [1.54, 1.807) is 0 Å². The largest absolute Gasteiger partial charge is 0.476 e. The lowest BCUT2D eigenvalue weighted by Gasteiger charge is -2.08. The van der Waals surface area contributed by atoms with Gasteiger partial charge in [-0.2, -0.15) is 0 Å². The van der Waals surface area contributed by atoms with Gasteiger partial charge >= 0.3 is 5.97 Å². The average Bonchev–Trinajstić information content (AvgIpc) is 2.90. The van der Waals surface area contributed by atoms with Gasteiger partial charge in [0.15, 0.2) is 5.69 Å². The van der Waals surface area contributed by atoms with Crippen LogP contribution in [0.15, 0.2) is 24.3 Å². The highest BCUT2D eigenvalue weighted by atomic mass is 16.4. The molecule has 0 radical (unpaired) electrons. The number of nitrogens with one attached hydrogen (secondary N) is 1. The monoisotopic (exact) mass is 316 g/mol. The van der Waals surface area contributed by atoms with Crippen LogP contribution in [0, 0.1) is 6.92 Å². The number of rotatable bonds is 7. The van der Waals surface area contributed by atoms with Crippen LogP contribution in [0.1, 0.15) is 41.5 Å². The molecule has 1 amide bonds. The van der Waals surface area contributed by atoms with Gasteiger partial charge in [0.2, 0.25) is 5.91 Å². The number of carbonyl (C=O) groups is 2. The number of aromatic nitrogens is 3. The van der Waals surface area contributed by atoms with Crippen LogP contribution in [0.5, 0.6) is 0 Å². The van der Waals surface area contributed by atoms with Gasteiger partial charge in [0.25, 0.3) is 0 Å². The van der Waals surface area contributed by atoms with Crippen molar-refractivity contribution in [3.05, 3.63) is 41.2 Å². The molecule has 1 aromatic heterocycles. The van der Waals surface area contributed by atoms with E-state index in [1.165, 1.54) is 4.68 Å². The van der Waals surface area contributed by atoms with Crippen molar-refractivity contribution in [2.24, 2.45) is 0 Å². The van der Waals surface area contributed by atoms with E-state index in [-0.39, 0.29) is 18.1 Å². The fourth-order valence-corrected chi connectivity index (χ4v) is 2.19. The van der Waals surface area contributed by atoms with Gasteiger partial charge < -0.3 is 10.4 Å². The summed E-state index contributed by atoms with van der Waals surface area (Å²) in [5.41, 5.74) is 2.20. The zero-order valence-electron chi connectivity index (χ0n) is 13.2. The molecule has 122 valence electrons. The SMILES string of the molecule is CCCCc1c(C(=O)O)nnn1CC(=O)Nc1ccc(C)cc1. The molecule has 2 N–H and O–H groups in total. The maximum Gasteiger partial charge on any atom is 0.358 e. The molecule has 0 saturated carbocycles. The molecule has 0 aliphatic carbocycles. The Labute approximate surface area is 134 Å². The van der Waals surface area contributed by atoms with Crippen molar-refractivity contribution < 1.29 is 14.7 Å². The van der Waals surface area contributed by atoms with Gasteiger partial charge in [0.1, 0.15) is 6.54 Å². The third kappa shape index (κ3) is 4.38. The minimum atomic E-state index is -1.12. The van der Waals surface area contributed by atoms with Gasteiger partial charge in [-0.05, 0) is 31.9 Å². The molecule has 0 fully saturated rings. The van der Waals surface area contributed by atoms with E-state index < -0.39 is 5.97 Å². The minimum absolute atomic E-state index is 0.0623. The first-order valence-corrected chi connectivity index (χ1v) is 7.53. The Morgan fingerprint density at radius 2 is 1.96 bits per heavy atom. The number of unbranched alkanes of at least 4 members (excludes halogenated alkanes) is 1. The lowest BCUT2D eigenvalue weighted by molar-refractivity contribution is -0.117. The van der Waals surface area contributed by atoms with Crippen LogP contribution in [0.4, 0.5) is 5.69 Å². The van der Waals surface area contributed by atoms with Crippen molar-refractivity contribution in [3.63, 3.8) is 0 Å². The first-order valence-electron chi connectivity index (χ1n) is 7.53. The fourth-order valence-electron chi connectivity index (χ4n) is 2.19. The number of benzene rings is 1. The van der Waals surface area contributed by atoms with E-state index in [0.717, 1.165) is 18.4 Å². The third-order valence-electron chi connectivity index (χ3n) is 3.44. The molecule has 7 heteroatoms. The Hall–Kier alpha value is -2.70. The Morgan fingerprint density at radius 1 is 1.26 bits per heavy atom. The number of hydrogen-bond donors (Lipinski definition) is 2. The summed E-state index contributed by atoms with van der Waals surface area (Å²) in [6.45, 7) is 3.92. The van der Waals surface area contributed by atoms with E-state index in [9.17, 15) is 9.59 Å².